The molecule has 0 aromatic carbocycles. The fourth-order valence-electron chi connectivity index (χ4n) is 1.99. The second-order valence-corrected chi connectivity index (χ2v) is 4.49. The van der Waals surface area contributed by atoms with E-state index >= 15 is 0 Å². The maximum absolute atomic E-state index is 11.4. The molecule has 1 aliphatic rings. The summed E-state index contributed by atoms with van der Waals surface area (Å²) >= 11 is 0. The lowest BCUT2D eigenvalue weighted by molar-refractivity contribution is -0.141. The SMILES string of the molecule is C#CCCNC(=O)NCC1(CC(=O)O)CCC1. The Bertz CT molecular complexity index is 329. The molecule has 0 heterocycles. The van der Waals surface area contributed by atoms with E-state index in [0.717, 1.165) is 19.3 Å². The minimum absolute atomic E-state index is 0.123. The van der Waals surface area contributed by atoms with Crippen LogP contribution in [0, 0.1) is 17.8 Å². The Labute approximate surface area is 101 Å². The summed E-state index contributed by atoms with van der Waals surface area (Å²) in [6.45, 7) is 0.857. The second-order valence-electron chi connectivity index (χ2n) is 4.49. The van der Waals surface area contributed by atoms with Gasteiger partial charge < -0.3 is 15.7 Å². The largest absolute Gasteiger partial charge is 0.481 e. The number of carboxylic acids is 1. The smallest absolute Gasteiger partial charge is 0.314 e. The molecule has 5 nitrogen and oxygen atoms in total. The highest BCUT2D eigenvalue weighted by molar-refractivity contribution is 5.74. The quantitative estimate of drug-likeness (QED) is 0.476. The number of terminal acetylenes is 1. The Morgan fingerprint density at radius 3 is 2.53 bits per heavy atom. The number of nitrogens with one attached hydrogen (secondary N) is 2. The molecule has 17 heavy (non-hydrogen) atoms. The molecule has 0 atom stereocenters. The molecule has 0 unspecified atom stereocenters. The molecule has 5 heteroatoms. The van der Waals surface area contributed by atoms with Gasteiger partial charge in [0.15, 0.2) is 0 Å². The zero-order valence-corrected chi connectivity index (χ0v) is 9.79. The van der Waals surface area contributed by atoms with Crippen molar-refractivity contribution in [3.8, 4) is 12.3 Å². The number of aliphatic carboxylic acids is 1. The zero-order chi connectivity index (χ0) is 12.7. The number of carbonyl (C=O) groups excluding carboxylic acids is 1. The van der Waals surface area contributed by atoms with Gasteiger partial charge in [0.05, 0.1) is 6.42 Å². The summed E-state index contributed by atoms with van der Waals surface area (Å²) in [7, 11) is 0. The van der Waals surface area contributed by atoms with Crippen LogP contribution in [0.5, 0.6) is 0 Å². The summed E-state index contributed by atoms with van der Waals surface area (Å²) in [5.74, 6) is 1.62. The van der Waals surface area contributed by atoms with Gasteiger partial charge in [-0.05, 0) is 18.3 Å². The number of rotatable bonds is 6. The molecular weight excluding hydrogens is 220 g/mol. The van der Waals surface area contributed by atoms with E-state index in [1.807, 2.05) is 0 Å². The normalized spacial score (nSPS) is 16.4. The molecule has 3 N–H and O–H groups in total. The van der Waals surface area contributed by atoms with Crippen molar-refractivity contribution in [2.45, 2.75) is 32.1 Å². The summed E-state index contributed by atoms with van der Waals surface area (Å²) in [5, 5.41) is 14.1. The number of urea groups is 1. The minimum Gasteiger partial charge on any atom is -0.481 e. The lowest BCUT2D eigenvalue weighted by Crippen LogP contribution is -2.46. The van der Waals surface area contributed by atoms with Crippen LogP contribution in [0.4, 0.5) is 4.79 Å². The molecular formula is C12H18N2O3. The first-order valence-corrected chi connectivity index (χ1v) is 5.75. The van der Waals surface area contributed by atoms with Crippen LogP contribution in [0.3, 0.4) is 0 Å². The van der Waals surface area contributed by atoms with E-state index in [1.54, 1.807) is 0 Å². The molecule has 1 saturated carbocycles. The lowest BCUT2D eigenvalue weighted by atomic mass is 9.66. The molecule has 2 amide bonds. The summed E-state index contributed by atoms with van der Waals surface area (Å²) < 4.78 is 0. The van der Waals surface area contributed by atoms with Crippen molar-refractivity contribution in [3.05, 3.63) is 0 Å². The predicted octanol–water partition coefficient (Wildman–Crippen LogP) is 0.954. The van der Waals surface area contributed by atoms with Crippen LogP contribution in [-0.2, 0) is 4.79 Å². The molecule has 94 valence electrons. The highest BCUT2D eigenvalue weighted by Gasteiger charge is 2.39. The third-order valence-corrected chi connectivity index (χ3v) is 3.12. The average Bonchev–Trinajstić information content (AvgIpc) is 2.22. The third-order valence-electron chi connectivity index (χ3n) is 3.12. The Morgan fingerprint density at radius 2 is 2.06 bits per heavy atom. The molecule has 0 bridgehead atoms. The van der Waals surface area contributed by atoms with Gasteiger partial charge in [-0.25, -0.2) is 4.79 Å². The van der Waals surface area contributed by atoms with Gasteiger partial charge in [-0.3, -0.25) is 4.79 Å². The van der Waals surface area contributed by atoms with Gasteiger partial charge >= 0.3 is 12.0 Å². The number of carbonyl (C=O) groups is 2. The maximum Gasteiger partial charge on any atom is 0.314 e. The number of amides is 2. The van der Waals surface area contributed by atoms with Gasteiger partial charge in [0.25, 0.3) is 0 Å². The van der Waals surface area contributed by atoms with Crippen LogP contribution in [0.2, 0.25) is 0 Å². The van der Waals surface area contributed by atoms with Crippen molar-refractivity contribution in [1.29, 1.82) is 0 Å². The average molecular weight is 238 g/mol. The van der Waals surface area contributed by atoms with Crippen molar-refractivity contribution in [2.75, 3.05) is 13.1 Å². The summed E-state index contributed by atoms with van der Waals surface area (Å²) in [5.41, 5.74) is -0.241. The first-order valence-electron chi connectivity index (χ1n) is 5.75. The van der Waals surface area contributed by atoms with E-state index < -0.39 is 5.97 Å². The third kappa shape index (κ3) is 4.35. The van der Waals surface area contributed by atoms with Crippen LogP contribution < -0.4 is 10.6 Å². The molecule has 0 aromatic rings. The Morgan fingerprint density at radius 1 is 1.35 bits per heavy atom. The molecule has 0 radical (unpaired) electrons. The van der Waals surface area contributed by atoms with Gasteiger partial charge in [0.2, 0.25) is 0 Å². The Kier molecular flexibility index (Phi) is 4.83. The highest BCUT2D eigenvalue weighted by Crippen LogP contribution is 2.43. The minimum atomic E-state index is -0.806. The molecule has 1 fully saturated rings. The van der Waals surface area contributed by atoms with Crippen molar-refractivity contribution in [3.63, 3.8) is 0 Å². The Hall–Kier alpha value is -1.70. The fourth-order valence-corrected chi connectivity index (χ4v) is 1.99. The van der Waals surface area contributed by atoms with E-state index in [2.05, 4.69) is 16.6 Å². The molecule has 0 spiro atoms. The van der Waals surface area contributed by atoms with Gasteiger partial charge in [-0.1, -0.05) is 6.42 Å². The van der Waals surface area contributed by atoms with Gasteiger partial charge in [0, 0.05) is 19.5 Å². The highest BCUT2D eigenvalue weighted by atomic mass is 16.4. The van der Waals surface area contributed by atoms with Gasteiger partial charge in [-0.2, -0.15) is 0 Å². The standard InChI is InChI=1S/C12H18N2O3/c1-2-3-7-13-11(17)14-9-12(5-4-6-12)8-10(15)16/h1H,3-9H2,(H,15,16)(H2,13,14,17). The second kappa shape index (κ2) is 6.14. The van der Waals surface area contributed by atoms with Crippen molar-refractivity contribution in [2.24, 2.45) is 5.41 Å². The molecule has 0 aromatic heterocycles. The molecule has 1 aliphatic carbocycles. The first-order chi connectivity index (χ1) is 8.08. The number of hydrogen-bond acceptors (Lipinski definition) is 2. The van der Waals surface area contributed by atoms with Crippen molar-refractivity contribution >= 4 is 12.0 Å². The monoisotopic (exact) mass is 238 g/mol. The maximum atomic E-state index is 11.4. The van der Waals surface area contributed by atoms with Crippen molar-refractivity contribution < 1.29 is 14.7 Å². The van der Waals surface area contributed by atoms with E-state index in [0.29, 0.717) is 19.5 Å². The number of hydrogen-bond donors (Lipinski definition) is 3. The number of carboxylic acid groups (broad SMARTS) is 1. The van der Waals surface area contributed by atoms with Crippen molar-refractivity contribution in [1.82, 2.24) is 10.6 Å². The van der Waals surface area contributed by atoms with E-state index in [9.17, 15) is 9.59 Å². The van der Waals surface area contributed by atoms with Crippen LogP contribution in [0.15, 0.2) is 0 Å². The van der Waals surface area contributed by atoms with Gasteiger partial charge in [-0.15, -0.1) is 12.3 Å². The van der Waals surface area contributed by atoms with Gasteiger partial charge in [0.1, 0.15) is 0 Å². The van der Waals surface area contributed by atoms with Crippen LogP contribution in [0.25, 0.3) is 0 Å². The summed E-state index contributed by atoms with van der Waals surface area (Å²) in [4.78, 5) is 22.1. The molecule has 0 saturated heterocycles. The molecule has 1 rings (SSSR count). The molecule has 0 aliphatic heterocycles. The Balaban J connectivity index is 2.26. The van der Waals surface area contributed by atoms with E-state index in [1.165, 1.54) is 0 Å². The van der Waals surface area contributed by atoms with E-state index in [4.69, 9.17) is 11.5 Å². The van der Waals surface area contributed by atoms with Crippen LogP contribution in [0.1, 0.15) is 32.1 Å². The van der Waals surface area contributed by atoms with Crippen LogP contribution in [-0.4, -0.2) is 30.2 Å². The fraction of sp³-hybridized carbons (Fsp3) is 0.667. The zero-order valence-electron chi connectivity index (χ0n) is 9.79. The predicted molar refractivity (Wildman–Crippen MR) is 63.4 cm³/mol. The summed E-state index contributed by atoms with van der Waals surface area (Å²) in [6, 6.07) is -0.281. The summed E-state index contributed by atoms with van der Waals surface area (Å²) in [6.07, 6.45) is 8.44. The van der Waals surface area contributed by atoms with Crippen LogP contribution >= 0.6 is 0 Å². The lowest BCUT2D eigenvalue weighted by Gasteiger charge is -2.40. The first kappa shape index (κ1) is 13.4. The van der Waals surface area contributed by atoms with E-state index in [-0.39, 0.29) is 17.9 Å². The topological polar surface area (TPSA) is 78.4 Å².